The minimum atomic E-state index is -1.23. The fraction of sp³-hybridized carbons (Fsp3) is 0.412. The molecule has 1 aromatic heterocycles. The number of aromatic nitrogens is 1. The summed E-state index contributed by atoms with van der Waals surface area (Å²) in [7, 11) is 3.01. The van der Waals surface area contributed by atoms with Crippen molar-refractivity contribution in [3.63, 3.8) is 0 Å². The Balaban J connectivity index is 1.01. The van der Waals surface area contributed by atoms with Crippen LogP contribution in [-0.4, -0.2) is 71.1 Å². The fourth-order valence-corrected chi connectivity index (χ4v) is 7.86. The Hall–Kier alpha value is -4.72. The highest BCUT2D eigenvalue weighted by Gasteiger charge is 2.49. The maximum Gasteiger partial charge on any atom is 0.315 e. The van der Waals surface area contributed by atoms with Crippen LogP contribution in [0.3, 0.4) is 0 Å². The number of methoxy groups -OCH3 is 2. The Morgan fingerprint density at radius 2 is 1.77 bits per heavy atom. The number of ether oxygens (including phenoxy) is 2. The van der Waals surface area contributed by atoms with Gasteiger partial charge >= 0.3 is 5.56 Å². The minimum absolute atomic E-state index is 0.00600. The zero-order valence-corrected chi connectivity index (χ0v) is 26.3. The van der Waals surface area contributed by atoms with Crippen LogP contribution < -0.4 is 25.2 Å². The first-order valence-corrected chi connectivity index (χ1v) is 16.0. The monoisotopic (exact) mass is 643 g/mol. The van der Waals surface area contributed by atoms with Gasteiger partial charge in [-0.2, -0.15) is 5.23 Å². The predicted octanol–water partition coefficient (Wildman–Crippen LogP) is 2.59. The maximum atomic E-state index is 13.9. The summed E-state index contributed by atoms with van der Waals surface area (Å²) in [5, 5.41) is 19.6. The standard InChI is InChI=1S/C34H37N5O8/c1-46-27-14-11-23-29(30(27)47-2)34(43)38-25-9-6-5-8-22(25)32(41)36(31(23)38)15-7-3-4-10-28(40)35-17-20-16-21(19-35)24-12-13-26(39(44)45)33(42)37(24)18-20/h5-6,8-9,11-14,20-21,31,39,44H,3-4,7,10,15-19H2,1-2H3. The number of likely N-dealkylation sites (tertiary alicyclic amines) is 1. The Bertz CT molecular complexity index is 1820. The van der Waals surface area contributed by atoms with Gasteiger partial charge in [-0.1, -0.05) is 24.6 Å². The van der Waals surface area contributed by atoms with Crippen LogP contribution in [0.15, 0.2) is 53.3 Å². The number of amides is 3. The normalized spacial score (nSPS) is 21.5. The number of nitrogens with zero attached hydrogens (tertiary/aromatic N) is 4. The molecule has 0 saturated carbocycles. The van der Waals surface area contributed by atoms with Crippen molar-refractivity contribution in [2.45, 2.75) is 50.7 Å². The second-order valence-electron chi connectivity index (χ2n) is 12.6. The summed E-state index contributed by atoms with van der Waals surface area (Å²) in [4.78, 5) is 59.0. The number of pyridine rings is 1. The van der Waals surface area contributed by atoms with Crippen LogP contribution in [0.25, 0.3) is 0 Å². The number of benzene rings is 2. The number of quaternary nitrogens is 1. The lowest BCUT2D eigenvalue weighted by molar-refractivity contribution is -0.992. The van der Waals surface area contributed by atoms with Crippen LogP contribution in [0.2, 0.25) is 0 Å². The summed E-state index contributed by atoms with van der Waals surface area (Å²) in [6.45, 7) is 1.85. The molecule has 5 heterocycles. The highest BCUT2D eigenvalue weighted by atomic mass is 16.8. The number of para-hydroxylation sites is 1. The Kier molecular flexibility index (Phi) is 7.98. The number of hydrogen-bond donors (Lipinski definition) is 2. The molecule has 2 aromatic carbocycles. The van der Waals surface area contributed by atoms with E-state index >= 15 is 0 Å². The van der Waals surface area contributed by atoms with Crippen molar-refractivity contribution in [3.05, 3.63) is 86.5 Å². The molecule has 0 radical (unpaired) electrons. The molecular formula is C34H37N5O8. The summed E-state index contributed by atoms with van der Waals surface area (Å²) in [6, 6.07) is 13.8. The van der Waals surface area contributed by atoms with E-state index in [0.717, 1.165) is 12.1 Å². The lowest BCUT2D eigenvalue weighted by Crippen LogP contribution is -3.00. The van der Waals surface area contributed by atoms with Crippen molar-refractivity contribution in [3.8, 4) is 11.5 Å². The van der Waals surface area contributed by atoms with Crippen molar-refractivity contribution in [1.29, 1.82) is 0 Å². The number of unbranched alkanes of at least 4 members (excludes halogenated alkanes) is 2. The number of carbonyl (C=O) groups is 3. The van der Waals surface area contributed by atoms with Crippen molar-refractivity contribution in [2.24, 2.45) is 5.92 Å². The van der Waals surface area contributed by atoms with E-state index in [4.69, 9.17) is 9.47 Å². The van der Waals surface area contributed by atoms with Crippen molar-refractivity contribution in [2.75, 3.05) is 38.8 Å². The highest BCUT2D eigenvalue weighted by Crippen LogP contribution is 2.49. The Morgan fingerprint density at radius 3 is 2.53 bits per heavy atom. The minimum Gasteiger partial charge on any atom is -0.595 e. The van der Waals surface area contributed by atoms with Gasteiger partial charge < -0.3 is 29.0 Å². The number of hydrogen-bond acceptors (Lipinski definition) is 8. The topological polar surface area (TPSA) is 149 Å². The smallest absolute Gasteiger partial charge is 0.315 e. The molecule has 4 aliphatic rings. The summed E-state index contributed by atoms with van der Waals surface area (Å²) < 4.78 is 12.6. The number of piperidine rings is 1. The molecular weight excluding hydrogens is 606 g/mol. The number of rotatable bonds is 9. The van der Waals surface area contributed by atoms with Crippen LogP contribution in [-0.2, 0) is 11.3 Å². The van der Waals surface area contributed by atoms with Crippen LogP contribution in [0.4, 0.5) is 11.4 Å². The van der Waals surface area contributed by atoms with Gasteiger partial charge in [-0.05, 0) is 49.4 Å². The first-order valence-electron chi connectivity index (χ1n) is 16.0. The lowest BCUT2D eigenvalue weighted by Gasteiger charge is -2.43. The van der Waals surface area contributed by atoms with E-state index in [0.29, 0.717) is 85.7 Å². The van der Waals surface area contributed by atoms with Gasteiger partial charge in [0.1, 0.15) is 6.17 Å². The van der Waals surface area contributed by atoms with Crippen LogP contribution in [0, 0.1) is 11.1 Å². The zero-order chi connectivity index (χ0) is 33.0. The number of fused-ring (bicyclic) bond motifs is 9. The third kappa shape index (κ3) is 5.05. The molecule has 13 nitrogen and oxygen atoms in total. The van der Waals surface area contributed by atoms with Crippen LogP contribution in [0.1, 0.15) is 76.2 Å². The molecule has 3 aromatic rings. The average molecular weight is 644 g/mol. The maximum absolute atomic E-state index is 13.9. The van der Waals surface area contributed by atoms with Gasteiger partial charge in [-0.25, -0.2) is 5.21 Å². The molecule has 4 aliphatic heterocycles. The van der Waals surface area contributed by atoms with Crippen LogP contribution >= 0.6 is 0 Å². The summed E-state index contributed by atoms with van der Waals surface area (Å²) in [6.07, 6.45) is 2.63. The third-order valence-electron chi connectivity index (χ3n) is 9.96. The molecule has 246 valence electrons. The van der Waals surface area contributed by atoms with E-state index < -0.39 is 17.0 Å². The SMILES string of the molecule is COc1ccc2c(c1OC)C(=O)N1c3ccccc3C(=O)N(CCCCCC(=O)N3CC4CC(C3)c3ccc([NH+]([O-])O)c(=O)n3C4)C21. The molecule has 47 heavy (non-hydrogen) atoms. The van der Waals surface area contributed by atoms with Gasteiger partial charge in [0.25, 0.3) is 11.8 Å². The third-order valence-corrected chi connectivity index (χ3v) is 9.96. The van der Waals surface area contributed by atoms with E-state index in [1.807, 2.05) is 17.0 Å². The highest BCUT2D eigenvalue weighted by molar-refractivity contribution is 6.18. The molecule has 3 amide bonds. The molecule has 0 spiro atoms. The van der Waals surface area contributed by atoms with Crippen molar-refractivity contribution in [1.82, 2.24) is 14.4 Å². The predicted molar refractivity (Wildman–Crippen MR) is 169 cm³/mol. The second kappa shape index (κ2) is 12.1. The first-order chi connectivity index (χ1) is 22.7. The second-order valence-corrected chi connectivity index (χ2v) is 12.6. The Labute approximate surface area is 271 Å². The molecule has 4 unspecified atom stereocenters. The van der Waals surface area contributed by atoms with E-state index in [-0.39, 0.29) is 35.2 Å². The van der Waals surface area contributed by atoms with E-state index in [1.54, 1.807) is 44.7 Å². The molecule has 13 heteroatoms. The lowest BCUT2D eigenvalue weighted by atomic mass is 9.83. The zero-order valence-electron chi connectivity index (χ0n) is 26.3. The van der Waals surface area contributed by atoms with Gasteiger partial charge in [-0.3, -0.25) is 24.1 Å². The Morgan fingerprint density at radius 1 is 0.957 bits per heavy atom. The molecule has 7 rings (SSSR count). The van der Waals surface area contributed by atoms with E-state index in [9.17, 15) is 29.6 Å². The van der Waals surface area contributed by atoms with Gasteiger partial charge in [0, 0.05) is 55.8 Å². The van der Waals surface area contributed by atoms with Crippen molar-refractivity contribution < 1.29 is 34.3 Å². The summed E-state index contributed by atoms with van der Waals surface area (Å²) >= 11 is 0. The quantitative estimate of drug-likeness (QED) is 0.267. The summed E-state index contributed by atoms with van der Waals surface area (Å²) in [5.41, 5.74) is 2.18. The van der Waals surface area contributed by atoms with Gasteiger partial charge in [-0.15, -0.1) is 0 Å². The largest absolute Gasteiger partial charge is 0.595 e. The van der Waals surface area contributed by atoms with E-state index in [1.165, 1.54) is 20.3 Å². The van der Waals surface area contributed by atoms with Gasteiger partial charge in [0.2, 0.25) is 11.6 Å². The molecule has 2 N–H and O–H groups in total. The molecule has 4 atom stereocenters. The van der Waals surface area contributed by atoms with E-state index in [2.05, 4.69) is 0 Å². The molecule has 1 saturated heterocycles. The van der Waals surface area contributed by atoms with Crippen LogP contribution in [0.5, 0.6) is 11.5 Å². The number of anilines is 1. The first kappa shape index (κ1) is 30.9. The summed E-state index contributed by atoms with van der Waals surface area (Å²) in [5.74, 6) is 0.531. The molecule has 2 bridgehead atoms. The van der Waals surface area contributed by atoms with Gasteiger partial charge in [0.15, 0.2) is 11.5 Å². The molecule has 1 fully saturated rings. The van der Waals surface area contributed by atoms with Crippen molar-refractivity contribution >= 4 is 29.1 Å². The number of nitrogens with one attached hydrogen (secondary N) is 1. The molecule has 0 aliphatic carbocycles. The fourth-order valence-electron chi connectivity index (χ4n) is 7.86. The number of carbonyl (C=O) groups excluding carboxylic acids is 3. The van der Waals surface area contributed by atoms with Gasteiger partial charge in [0.05, 0.1) is 31.0 Å². The average Bonchev–Trinajstić information content (AvgIpc) is 3.37.